The van der Waals surface area contributed by atoms with Gasteiger partial charge in [0.1, 0.15) is 5.82 Å². The molecule has 1 aliphatic heterocycles. The van der Waals surface area contributed by atoms with Crippen LogP contribution < -0.4 is 11.1 Å². The smallest absolute Gasteiger partial charge is 0.234 e. The molecule has 1 aromatic carbocycles. The summed E-state index contributed by atoms with van der Waals surface area (Å²) in [5.74, 6) is -0.214. The second-order valence-corrected chi connectivity index (χ2v) is 5.01. The zero-order chi connectivity index (χ0) is 13.7. The molecule has 20 heavy (non-hydrogen) atoms. The molecule has 0 aliphatic carbocycles. The summed E-state index contributed by atoms with van der Waals surface area (Å²) in [6, 6.07) is 6.54. The van der Waals surface area contributed by atoms with Gasteiger partial charge in [-0.2, -0.15) is 0 Å². The lowest BCUT2D eigenvalue weighted by molar-refractivity contribution is -0.121. The van der Waals surface area contributed by atoms with Gasteiger partial charge in [0.2, 0.25) is 5.91 Å². The van der Waals surface area contributed by atoms with Gasteiger partial charge in [-0.05, 0) is 30.5 Å². The number of hydrogen-bond acceptors (Lipinski definition) is 3. The Balaban J connectivity index is 0.00000200. The summed E-state index contributed by atoms with van der Waals surface area (Å²) < 4.78 is 12.7. The average molecular weight is 302 g/mol. The first kappa shape index (κ1) is 16.9. The van der Waals surface area contributed by atoms with Crippen molar-refractivity contribution in [3.05, 3.63) is 35.6 Å². The number of nitrogens with one attached hydrogen (secondary N) is 1. The Bertz CT molecular complexity index is 427. The van der Waals surface area contributed by atoms with Gasteiger partial charge in [-0.3, -0.25) is 9.69 Å². The van der Waals surface area contributed by atoms with Crippen molar-refractivity contribution in [1.29, 1.82) is 0 Å². The van der Waals surface area contributed by atoms with Crippen LogP contribution in [0, 0.1) is 5.82 Å². The number of nitrogens with two attached hydrogens (primary N) is 1. The molecule has 1 aromatic rings. The highest BCUT2D eigenvalue weighted by atomic mass is 35.5. The maximum absolute atomic E-state index is 12.7. The number of carbonyl (C=O) groups is 1. The molecule has 0 radical (unpaired) electrons. The molecule has 4 nitrogen and oxygen atoms in total. The quantitative estimate of drug-likeness (QED) is 0.851. The van der Waals surface area contributed by atoms with Crippen molar-refractivity contribution < 1.29 is 9.18 Å². The summed E-state index contributed by atoms with van der Waals surface area (Å²) in [7, 11) is 0. The zero-order valence-electron chi connectivity index (χ0n) is 11.3. The van der Waals surface area contributed by atoms with E-state index in [-0.39, 0.29) is 30.2 Å². The second kappa shape index (κ2) is 8.19. The molecule has 0 saturated carbocycles. The summed E-state index contributed by atoms with van der Waals surface area (Å²) in [6.07, 6.45) is 1.67. The van der Waals surface area contributed by atoms with Crippen molar-refractivity contribution in [3.8, 4) is 0 Å². The minimum Gasteiger partial charge on any atom is -0.355 e. The molecule has 3 N–H and O–H groups in total. The molecule has 112 valence electrons. The highest BCUT2D eigenvalue weighted by Crippen LogP contribution is 2.06. The standard InChI is InChI=1S/C14H20FN3O.ClH/c15-12-3-1-11(2-4-12)5-7-17-14(19)10-18-8-6-13(16)9-18;/h1-4,13H,5-10,16H2,(H,17,19);1H. The van der Waals surface area contributed by atoms with Crippen molar-refractivity contribution >= 4 is 18.3 Å². The summed E-state index contributed by atoms with van der Waals surface area (Å²) in [6.45, 7) is 2.68. The Morgan fingerprint density at radius 3 is 2.70 bits per heavy atom. The van der Waals surface area contributed by atoms with Crippen molar-refractivity contribution in [2.45, 2.75) is 18.9 Å². The average Bonchev–Trinajstić information content (AvgIpc) is 2.77. The van der Waals surface area contributed by atoms with Gasteiger partial charge in [0.15, 0.2) is 0 Å². The minimum absolute atomic E-state index is 0. The zero-order valence-corrected chi connectivity index (χ0v) is 12.2. The number of hydrogen-bond donors (Lipinski definition) is 2. The van der Waals surface area contributed by atoms with Crippen molar-refractivity contribution in [1.82, 2.24) is 10.2 Å². The molecule has 0 aromatic heterocycles. The van der Waals surface area contributed by atoms with E-state index in [4.69, 9.17) is 5.73 Å². The van der Waals surface area contributed by atoms with Crippen molar-refractivity contribution in [3.63, 3.8) is 0 Å². The number of nitrogens with zero attached hydrogens (tertiary/aromatic N) is 1. The van der Waals surface area contributed by atoms with E-state index in [2.05, 4.69) is 10.2 Å². The van der Waals surface area contributed by atoms with Crippen LogP contribution in [0.25, 0.3) is 0 Å². The van der Waals surface area contributed by atoms with Gasteiger partial charge >= 0.3 is 0 Å². The van der Waals surface area contributed by atoms with Crippen molar-refractivity contribution in [2.75, 3.05) is 26.2 Å². The van der Waals surface area contributed by atoms with Crippen LogP contribution in [-0.2, 0) is 11.2 Å². The van der Waals surface area contributed by atoms with Gasteiger partial charge < -0.3 is 11.1 Å². The second-order valence-electron chi connectivity index (χ2n) is 5.01. The normalized spacial score (nSPS) is 18.6. The highest BCUT2D eigenvalue weighted by Gasteiger charge is 2.20. The fourth-order valence-corrected chi connectivity index (χ4v) is 2.26. The molecule has 2 rings (SSSR count). The molecule has 1 fully saturated rings. The molecule has 1 heterocycles. The Morgan fingerprint density at radius 1 is 1.40 bits per heavy atom. The van der Waals surface area contributed by atoms with E-state index < -0.39 is 0 Å². The van der Waals surface area contributed by atoms with Crippen molar-refractivity contribution in [2.24, 2.45) is 5.73 Å². The largest absolute Gasteiger partial charge is 0.355 e. The van der Waals surface area contributed by atoms with Crippen LogP contribution >= 0.6 is 12.4 Å². The molecule has 1 unspecified atom stereocenters. The topological polar surface area (TPSA) is 58.4 Å². The van der Waals surface area contributed by atoms with Gasteiger partial charge in [0, 0.05) is 25.7 Å². The van der Waals surface area contributed by atoms with Gasteiger partial charge in [-0.15, -0.1) is 12.4 Å². The third kappa shape index (κ3) is 5.45. The minimum atomic E-state index is -0.238. The molecule has 1 saturated heterocycles. The maximum Gasteiger partial charge on any atom is 0.234 e. The van der Waals surface area contributed by atoms with Gasteiger partial charge in [-0.1, -0.05) is 12.1 Å². The van der Waals surface area contributed by atoms with Crippen LogP contribution in [0.3, 0.4) is 0 Å². The summed E-state index contributed by atoms with van der Waals surface area (Å²) in [5, 5.41) is 2.87. The first-order chi connectivity index (χ1) is 9.13. The van der Waals surface area contributed by atoms with E-state index in [9.17, 15) is 9.18 Å². The summed E-state index contributed by atoms with van der Waals surface area (Å²) >= 11 is 0. The molecule has 6 heteroatoms. The first-order valence-corrected chi connectivity index (χ1v) is 6.62. The Hall–Kier alpha value is -1.17. The molecular weight excluding hydrogens is 281 g/mol. The van der Waals surface area contributed by atoms with E-state index in [0.717, 1.165) is 25.1 Å². The van der Waals surface area contributed by atoms with Crippen LogP contribution in [0.1, 0.15) is 12.0 Å². The fraction of sp³-hybridized carbons (Fsp3) is 0.500. The number of benzene rings is 1. The van der Waals surface area contributed by atoms with E-state index in [1.54, 1.807) is 12.1 Å². The van der Waals surface area contributed by atoms with Crippen LogP contribution in [0.2, 0.25) is 0 Å². The van der Waals surface area contributed by atoms with Crippen LogP contribution in [-0.4, -0.2) is 43.0 Å². The van der Waals surface area contributed by atoms with Gasteiger partial charge in [0.25, 0.3) is 0 Å². The third-order valence-electron chi connectivity index (χ3n) is 3.33. The Labute approximate surface area is 124 Å². The van der Waals surface area contributed by atoms with E-state index in [1.165, 1.54) is 12.1 Å². The molecule has 1 amide bonds. The fourth-order valence-electron chi connectivity index (χ4n) is 2.26. The van der Waals surface area contributed by atoms with Crippen LogP contribution in [0.5, 0.6) is 0 Å². The predicted molar refractivity (Wildman–Crippen MR) is 79.4 cm³/mol. The third-order valence-corrected chi connectivity index (χ3v) is 3.33. The van der Waals surface area contributed by atoms with Crippen LogP contribution in [0.4, 0.5) is 4.39 Å². The molecule has 1 aliphatic rings. The SMILES string of the molecule is Cl.NC1CCN(CC(=O)NCCc2ccc(F)cc2)C1. The number of likely N-dealkylation sites (tertiary alicyclic amines) is 1. The first-order valence-electron chi connectivity index (χ1n) is 6.62. The molecule has 0 bridgehead atoms. The summed E-state index contributed by atoms with van der Waals surface area (Å²) in [5.41, 5.74) is 6.80. The number of carbonyl (C=O) groups excluding carboxylic acids is 1. The lowest BCUT2D eigenvalue weighted by Gasteiger charge is -2.14. The van der Waals surface area contributed by atoms with Crippen LogP contribution in [0.15, 0.2) is 24.3 Å². The molecule has 0 spiro atoms. The lowest BCUT2D eigenvalue weighted by atomic mass is 10.1. The van der Waals surface area contributed by atoms with E-state index >= 15 is 0 Å². The van der Waals surface area contributed by atoms with Gasteiger partial charge in [0.05, 0.1) is 6.54 Å². The Morgan fingerprint density at radius 2 is 2.10 bits per heavy atom. The monoisotopic (exact) mass is 301 g/mol. The molecular formula is C14H21ClFN3O. The number of amides is 1. The molecule has 1 atom stereocenters. The van der Waals surface area contributed by atoms with E-state index in [0.29, 0.717) is 19.5 Å². The highest BCUT2D eigenvalue weighted by molar-refractivity contribution is 5.85. The number of halogens is 2. The maximum atomic E-state index is 12.7. The predicted octanol–water partition coefficient (Wildman–Crippen LogP) is 0.939. The Kier molecular flexibility index (Phi) is 6.91. The number of rotatable bonds is 5. The van der Waals surface area contributed by atoms with E-state index in [1.807, 2.05) is 0 Å². The lowest BCUT2D eigenvalue weighted by Crippen LogP contribution is -2.38. The van der Waals surface area contributed by atoms with Gasteiger partial charge in [-0.25, -0.2) is 4.39 Å². The summed E-state index contributed by atoms with van der Waals surface area (Å²) in [4.78, 5) is 13.8.